The molecular weight excluding hydrogens is 306 g/mol. The highest BCUT2D eigenvalue weighted by Crippen LogP contribution is 2.20. The van der Waals surface area contributed by atoms with Crippen molar-refractivity contribution in [3.8, 4) is 0 Å². The lowest BCUT2D eigenvalue weighted by Gasteiger charge is -2.11. The third kappa shape index (κ3) is 16.3. The van der Waals surface area contributed by atoms with E-state index in [1.807, 2.05) is 0 Å². The molecule has 0 spiro atoms. The number of carboxylic acid groups (broad SMARTS) is 1. The Bertz CT molecular complexity index is 230. The van der Waals surface area contributed by atoms with E-state index in [0.717, 1.165) is 31.4 Å². The maximum atomic E-state index is 11.1. The Morgan fingerprint density at radius 3 is 2.10 bits per heavy atom. The molecule has 0 aliphatic rings. The maximum Gasteiger partial charge on any atom is 0.316 e. The van der Waals surface area contributed by atoms with Gasteiger partial charge in [0.2, 0.25) is 0 Å². The molecule has 1 unspecified atom stereocenters. The second-order valence-corrected chi connectivity index (χ2v) is 6.77. The van der Waals surface area contributed by atoms with E-state index in [4.69, 9.17) is 10.8 Å². The van der Waals surface area contributed by atoms with Gasteiger partial charge in [-0.15, -0.1) is 24.2 Å². The van der Waals surface area contributed by atoms with Crippen LogP contribution in [0, 0.1) is 0 Å². The molecule has 0 heterocycles. The van der Waals surface area contributed by atoms with E-state index < -0.39 is 5.97 Å². The number of hydrogen-bond acceptors (Lipinski definition) is 3. The van der Waals surface area contributed by atoms with Crippen molar-refractivity contribution in [2.75, 3.05) is 12.3 Å². The first-order valence-corrected chi connectivity index (χ1v) is 9.31. The zero-order valence-electron chi connectivity index (χ0n) is 13.5. The highest BCUT2D eigenvalue weighted by atomic mass is 35.5. The molecule has 0 aromatic heterocycles. The van der Waals surface area contributed by atoms with Crippen molar-refractivity contribution in [2.24, 2.45) is 5.73 Å². The number of carboxylic acids is 1. The van der Waals surface area contributed by atoms with Gasteiger partial charge >= 0.3 is 5.97 Å². The normalized spacial score (nSPS) is 11.9. The summed E-state index contributed by atoms with van der Waals surface area (Å²) in [6, 6.07) is 0. The monoisotopic (exact) mass is 339 g/mol. The highest BCUT2D eigenvalue weighted by Gasteiger charge is 2.16. The number of nitrogens with two attached hydrogens (primary N) is 1. The summed E-state index contributed by atoms with van der Waals surface area (Å²) in [5, 5.41) is 8.91. The molecule has 0 aromatic rings. The summed E-state index contributed by atoms with van der Waals surface area (Å²) in [6.07, 6.45) is 13.0. The molecule has 0 aliphatic carbocycles. The molecule has 0 fully saturated rings. The lowest BCUT2D eigenvalue weighted by Crippen LogP contribution is -2.17. The molecule has 0 aliphatic heterocycles. The summed E-state index contributed by atoms with van der Waals surface area (Å²) in [5.74, 6) is 0.320. The van der Waals surface area contributed by atoms with Crippen LogP contribution in [0.15, 0.2) is 0 Å². The fraction of sp³-hybridized carbons (Fsp3) is 0.938. The lowest BCUT2D eigenvalue weighted by atomic mass is 10.1. The highest BCUT2D eigenvalue weighted by molar-refractivity contribution is 8.00. The first kappa shape index (κ1) is 23.3. The van der Waals surface area contributed by atoms with Crippen molar-refractivity contribution in [1.82, 2.24) is 0 Å². The van der Waals surface area contributed by atoms with Crippen LogP contribution in [0.3, 0.4) is 0 Å². The van der Waals surface area contributed by atoms with Crippen molar-refractivity contribution in [2.45, 2.75) is 82.8 Å². The van der Waals surface area contributed by atoms with Gasteiger partial charge in [0.05, 0.1) is 0 Å². The zero-order chi connectivity index (χ0) is 15.1. The number of thioether (sulfide) groups is 1. The molecule has 0 rings (SSSR count). The molecule has 0 saturated carbocycles. The summed E-state index contributed by atoms with van der Waals surface area (Å²) >= 11 is 1.61. The van der Waals surface area contributed by atoms with Gasteiger partial charge in [0.15, 0.2) is 0 Å². The van der Waals surface area contributed by atoms with Crippen molar-refractivity contribution >= 4 is 30.1 Å². The van der Waals surface area contributed by atoms with Crippen molar-refractivity contribution < 1.29 is 9.90 Å². The van der Waals surface area contributed by atoms with E-state index in [0.29, 0.717) is 6.54 Å². The van der Waals surface area contributed by atoms with Crippen LogP contribution in [0.5, 0.6) is 0 Å². The van der Waals surface area contributed by atoms with E-state index in [2.05, 4.69) is 6.92 Å². The van der Waals surface area contributed by atoms with Crippen LogP contribution in [0.1, 0.15) is 77.6 Å². The molecule has 21 heavy (non-hydrogen) atoms. The van der Waals surface area contributed by atoms with Gasteiger partial charge in [-0.1, -0.05) is 58.3 Å². The van der Waals surface area contributed by atoms with E-state index >= 15 is 0 Å². The van der Waals surface area contributed by atoms with Crippen LogP contribution >= 0.6 is 24.2 Å². The van der Waals surface area contributed by atoms with Gasteiger partial charge in [-0.3, -0.25) is 4.79 Å². The van der Waals surface area contributed by atoms with Gasteiger partial charge in [0, 0.05) is 0 Å². The molecule has 1 atom stereocenters. The fourth-order valence-electron chi connectivity index (χ4n) is 2.21. The maximum absolute atomic E-state index is 11.1. The van der Waals surface area contributed by atoms with Crippen LogP contribution in [0.2, 0.25) is 0 Å². The Morgan fingerprint density at radius 2 is 1.57 bits per heavy atom. The molecule has 0 aromatic carbocycles. The molecule has 128 valence electrons. The van der Waals surface area contributed by atoms with Crippen LogP contribution in [0.4, 0.5) is 0 Å². The minimum absolute atomic E-state index is 0. The lowest BCUT2D eigenvalue weighted by molar-refractivity contribution is -0.136. The Morgan fingerprint density at radius 1 is 1.00 bits per heavy atom. The minimum Gasteiger partial charge on any atom is -0.480 e. The standard InChI is InChI=1S/C16H33NO2S.ClH/c1-2-3-4-5-6-7-8-11-14-20-15(16(18)19)12-9-10-13-17;/h15H,2-14,17H2,1H3,(H,18,19);1H. The number of rotatable bonds is 15. The van der Waals surface area contributed by atoms with Crippen LogP contribution in [-0.2, 0) is 4.79 Å². The largest absolute Gasteiger partial charge is 0.480 e. The summed E-state index contributed by atoms with van der Waals surface area (Å²) in [7, 11) is 0. The van der Waals surface area contributed by atoms with Crippen LogP contribution < -0.4 is 5.73 Å². The molecule has 0 bridgehead atoms. The number of halogens is 1. The van der Waals surface area contributed by atoms with E-state index in [-0.39, 0.29) is 17.7 Å². The molecule has 0 saturated heterocycles. The topological polar surface area (TPSA) is 63.3 Å². The van der Waals surface area contributed by atoms with Gasteiger partial charge in [-0.25, -0.2) is 0 Å². The molecule has 3 nitrogen and oxygen atoms in total. The summed E-state index contributed by atoms with van der Waals surface area (Å²) < 4.78 is 0. The number of hydrogen-bond donors (Lipinski definition) is 2. The Balaban J connectivity index is 0. The summed E-state index contributed by atoms with van der Waals surface area (Å²) in [6.45, 7) is 2.90. The smallest absolute Gasteiger partial charge is 0.316 e. The first-order chi connectivity index (χ1) is 9.72. The molecule has 3 N–H and O–H groups in total. The van der Waals surface area contributed by atoms with Gasteiger partial charge in [0.25, 0.3) is 0 Å². The van der Waals surface area contributed by atoms with Crippen molar-refractivity contribution in [3.05, 3.63) is 0 Å². The quantitative estimate of drug-likeness (QED) is 0.418. The van der Waals surface area contributed by atoms with Gasteiger partial charge in [-0.2, -0.15) is 0 Å². The SMILES string of the molecule is CCCCCCCCCCSC(CCCCN)C(=O)O.Cl. The average molecular weight is 340 g/mol. The third-order valence-electron chi connectivity index (χ3n) is 3.51. The number of unbranched alkanes of at least 4 members (excludes halogenated alkanes) is 8. The fourth-order valence-corrected chi connectivity index (χ4v) is 3.34. The van der Waals surface area contributed by atoms with Crippen LogP contribution in [0.25, 0.3) is 0 Å². The third-order valence-corrected chi connectivity index (χ3v) is 4.88. The van der Waals surface area contributed by atoms with Gasteiger partial charge < -0.3 is 10.8 Å². The van der Waals surface area contributed by atoms with E-state index in [1.54, 1.807) is 11.8 Å². The second kappa shape index (κ2) is 18.1. The van der Waals surface area contributed by atoms with E-state index in [1.165, 1.54) is 44.9 Å². The predicted molar refractivity (Wildman–Crippen MR) is 96.6 cm³/mol. The number of carbonyl (C=O) groups is 1. The minimum atomic E-state index is -0.661. The number of aliphatic carboxylic acids is 1. The Hall–Kier alpha value is 0.0700. The second-order valence-electron chi connectivity index (χ2n) is 5.46. The van der Waals surface area contributed by atoms with Gasteiger partial charge in [-0.05, 0) is 31.6 Å². The molecule has 5 heteroatoms. The average Bonchev–Trinajstić information content (AvgIpc) is 2.43. The van der Waals surface area contributed by atoms with Gasteiger partial charge in [0.1, 0.15) is 5.25 Å². The van der Waals surface area contributed by atoms with E-state index in [9.17, 15) is 4.79 Å². The van der Waals surface area contributed by atoms with Crippen molar-refractivity contribution in [3.63, 3.8) is 0 Å². The summed E-state index contributed by atoms with van der Waals surface area (Å²) in [4.78, 5) is 11.1. The van der Waals surface area contributed by atoms with Crippen LogP contribution in [-0.4, -0.2) is 28.6 Å². The predicted octanol–water partition coefficient (Wildman–Crippen LogP) is 4.86. The molecular formula is C16H34ClNO2S. The first-order valence-electron chi connectivity index (χ1n) is 8.26. The zero-order valence-corrected chi connectivity index (χ0v) is 15.2. The molecule has 0 amide bonds. The molecule has 0 radical (unpaired) electrons. The Kier molecular flexibility index (Phi) is 20.1. The summed E-state index contributed by atoms with van der Waals surface area (Å²) in [5.41, 5.74) is 5.44. The Labute approximate surface area is 141 Å². The van der Waals surface area contributed by atoms with Crippen molar-refractivity contribution in [1.29, 1.82) is 0 Å².